The molecule has 2 rings (SSSR count). The molecule has 1 nitrogen and oxygen atoms in total. The molecule has 1 aromatic rings. The number of hydrogen-bond donors (Lipinski definition) is 0. The molecule has 0 bridgehead atoms. The Kier molecular flexibility index (Phi) is 2.01. The van der Waals surface area contributed by atoms with Gasteiger partial charge in [0.05, 0.1) is 0 Å². The summed E-state index contributed by atoms with van der Waals surface area (Å²) < 4.78 is 0.918. The van der Waals surface area contributed by atoms with E-state index < -0.39 is 0 Å². The molecular weight excluding hydrogens is 216 g/mol. The number of Topliss-reactive ketones (excluding diaryl/α,β-unsaturated/α-hetero) is 1. The monoisotopic (exact) mass is 224 g/mol. The van der Waals surface area contributed by atoms with Gasteiger partial charge < -0.3 is 0 Å². The standard InChI is InChI=1S/C10H9BrO/c11-9-4-2-1-3-8(9)10(12)7-5-6-7/h1-4,7H,5-6H2. The normalized spacial score (nSPS) is 16.1. The van der Waals surface area contributed by atoms with Gasteiger partial charge in [0.15, 0.2) is 5.78 Å². The van der Waals surface area contributed by atoms with E-state index in [0.717, 1.165) is 22.9 Å². The van der Waals surface area contributed by atoms with Crippen LogP contribution in [0.25, 0.3) is 0 Å². The molecule has 12 heavy (non-hydrogen) atoms. The number of benzene rings is 1. The first kappa shape index (κ1) is 7.99. The third kappa shape index (κ3) is 1.44. The first-order valence-corrected chi connectivity index (χ1v) is 4.87. The van der Waals surface area contributed by atoms with Crippen molar-refractivity contribution in [2.75, 3.05) is 0 Å². The van der Waals surface area contributed by atoms with Crippen molar-refractivity contribution in [2.45, 2.75) is 12.8 Å². The van der Waals surface area contributed by atoms with Gasteiger partial charge in [-0.3, -0.25) is 4.79 Å². The zero-order valence-corrected chi connectivity index (χ0v) is 8.17. The van der Waals surface area contributed by atoms with Gasteiger partial charge in [-0.25, -0.2) is 0 Å². The molecule has 1 aromatic carbocycles. The van der Waals surface area contributed by atoms with Gasteiger partial charge in [0.25, 0.3) is 0 Å². The summed E-state index contributed by atoms with van der Waals surface area (Å²) in [5.74, 6) is 0.603. The van der Waals surface area contributed by atoms with Gasteiger partial charge in [0.2, 0.25) is 0 Å². The maximum atomic E-state index is 11.6. The van der Waals surface area contributed by atoms with E-state index in [1.54, 1.807) is 0 Å². The maximum Gasteiger partial charge on any atom is 0.167 e. The SMILES string of the molecule is O=C(c1ccccc1Br)C1CC1. The first-order chi connectivity index (χ1) is 5.79. The van der Waals surface area contributed by atoms with Crippen LogP contribution >= 0.6 is 15.9 Å². The minimum absolute atomic E-state index is 0.294. The topological polar surface area (TPSA) is 17.1 Å². The number of ketones is 1. The summed E-state index contributed by atoms with van der Waals surface area (Å²) in [5.41, 5.74) is 0.833. The first-order valence-electron chi connectivity index (χ1n) is 4.08. The van der Waals surface area contributed by atoms with E-state index in [4.69, 9.17) is 0 Å². The molecule has 0 atom stereocenters. The highest BCUT2D eigenvalue weighted by atomic mass is 79.9. The van der Waals surface area contributed by atoms with E-state index in [1.165, 1.54) is 0 Å². The predicted octanol–water partition coefficient (Wildman–Crippen LogP) is 3.04. The Bertz CT molecular complexity index is 315. The second kappa shape index (κ2) is 3.02. The highest BCUT2D eigenvalue weighted by molar-refractivity contribution is 9.10. The van der Waals surface area contributed by atoms with Gasteiger partial charge in [-0.05, 0) is 18.9 Å². The van der Waals surface area contributed by atoms with Gasteiger partial charge in [-0.2, -0.15) is 0 Å². The molecule has 1 fully saturated rings. The summed E-state index contributed by atoms with van der Waals surface area (Å²) in [6, 6.07) is 7.62. The van der Waals surface area contributed by atoms with Crippen molar-refractivity contribution in [2.24, 2.45) is 5.92 Å². The number of carbonyl (C=O) groups is 1. The van der Waals surface area contributed by atoms with Crippen LogP contribution in [0.5, 0.6) is 0 Å². The highest BCUT2D eigenvalue weighted by Gasteiger charge is 2.31. The Labute approximate surface area is 79.9 Å². The summed E-state index contributed by atoms with van der Waals surface area (Å²) in [4.78, 5) is 11.6. The molecule has 0 saturated heterocycles. The van der Waals surface area contributed by atoms with Crippen molar-refractivity contribution in [3.05, 3.63) is 34.3 Å². The lowest BCUT2D eigenvalue weighted by molar-refractivity contribution is 0.0967. The van der Waals surface area contributed by atoms with Crippen molar-refractivity contribution < 1.29 is 4.79 Å². The second-order valence-electron chi connectivity index (χ2n) is 3.12. The highest BCUT2D eigenvalue weighted by Crippen LogP contribution is 2.34. The Hall–Kier alpha value is -0.630. The van der Waals surface area contributed by atoms with Crippen molar-refractivity contribution >= 4 is 21.7 Å². The average molecular weight is 225 g/mol. The molecule has 1 aliphatic rings. The van der Waals surface area contributed by atoms with E-state index >= 15 is 0 Å². The molecule has 0 aliphatic heterocycles. The zero-order valence-electron chi connectivity index (χ0n) is 6.59. The Morgan fingerprint density at radius 2 is 2.00 bits per heavy atom. The molecule has 0 radical (unpaired) electrons. The van der Waals surface area contributed by atoms with Gasteiger partial charge in [0, 0.05) is 16.0 Å². The minimum Gasteiger partial charge on any atom is -0.294 e. The molecule has 0 amide bonds. The predicted molar refractivity (Wildman–Crippen MR) is 51.2 cm³/mol. The number of rotatable bonds is 2. The molecule has 0 spiro atoms. The zero-order chi connectivity index (χ0) is 8.55. The quantitative estimate of drug-likeness (QED) is 0.707. The fourth-order valence-electron chi connectivity index (χ4n) is 1.23. The molecule has 0 aromatic heterocycles. The number of halogens is 1. The Balaban J connectivity index is 2.32. The summed E-state index contributed by atoms with van der Waals surface area (Å²) in [7, 11) is 0. The van der Waals surface area contributed by atoms with Crippen LogP contribution in [0.1, 0.15) is 23.2 Å². The minimum atomic E-state index is 0.294. The van der Waals surface area contributed by atoms with Crippen LogP contribution in [-0.4, -0.2) is 5.78 Å². The molecular formula is C10H9BrO. The van der Waals surface area contributed by atoms with E-state index in [2.05, 4.69) is 15.9 Å². The summed E-state index contributed by atoms with van der Waals surface area (Å²) in [5, 5.41) is 0. The van der Waals surface area contributed by atoms with Crippen molar-refractivity contribution in [1.82, 2.24) is 0 Å². The fourth-order valence-corrected chi connectivity index (χ4v) is 1.71. The molecule has 1 saturated carbocycles. The number of hydrogen-bond acceptors (Lipinski definition) is 1. The fraction of sp³-hybridized carbons (Fsp3) is 0.300. The lowest BCUT2D eigenvalue weighted by Gasteiger charge is -2.00. The Morgan fingerprint density at radius 1 is 1.33 bits per heavy atom. The smallest absolute Gasteiger partial charge is 0.167 e. The van der Waals surface area contributed by atoms with Crippen LogP contribution in [-0.2, 0) is 0 Å². The molecule has 0 unspecified atom stereocenters. The van der Waals surface area contributed by atoms with E-state index in [-0.39, 0.29) is 0 Å². The molecule has 0 N–H and O–H groups in total. The summed E-state index contributed by atoms with van der Waals surface area (Å²) in [6.45, 7) is 0. The third-order valence-corrected chi connectivity index (χ3v) is 2.78. The second-order valence-corrected chi connectivity index (χ2v) is 3.97. The maximum absolute atomic E-state index is 11.6. The van der Waals surface area contributed by atoms with Crippen LogP contribution < -0.4 is 0 Å². The summed E-state index contributed by atoms with van der Waals surface area (Å²) >= 11 is 3.37. The lowest BCUT2D eigenvalue weighted by atomic mass is 10.1. The average Bonchev–Trinajstić information content (AvgIpc) is 2.86. The van der Waals surface area contributed by atoms with Crippen LogP contribution in [0.15, 0.2) is 28.7 Å². The van der Waals surface area contributed by atoms with Crippen molar-refractivity contribution in [1.29, 1.82) is 0 Å². The van der Waals surface area contributed by atoms with Crippen LogP contribution in [0.4, 0.5) is 0 Å². The van der Waals surface area contributed by atoms with Crippen molar-refractivity contribution in [3.8, 4) is 0 Å². The van der Waals surface area contributed by atoms with Crippen LogP contribution in [0.2, 0.25) is 0 Å². The number of carbonyl (C=O) groups excluding carboxylic acids is 1. The van der Waals surface area contributed by atoms with E-state index in [9.17, 15) is 4.79 Å². The van der Waals surface area contributed by atoms with Gasteiger partial charge >= 0.3 is 0 Å². The lowest BCUT2D eigenvalue weighted by Crippen LogP contribution is -2.01. The van der Waals surface area contributed by atoms with Gasteiger partial charge in [0.1, 0.15) is 0 Å². The third-order valence-electron chi connectivity index (χ3n) is 2.09. The Morgan fingerprint density at radius 3 is 2.58 bits per heavy atom. The molecule has 0 heterocycles. The van der Waals surface area contributed by atoms with Crippen molar-refractivity contribution in [3.63, 3.8) is 0 Å². The van der Waals surface area contributed by atoms with Crippen LogP contribution in [0.3, 0.4) is 0 Å². The van der Waals surface area contributed by atoms with Crippen LogP contribution in [0, 0.1) is 5.92 Å². The van der Waals surface area contributed by atoms with E-state index in [1.807, 2.05) is 24.3 Å². The molecule has 1 aliphatic carbocycles. The molecule has 62 valence electrons. The van der Waals surface area contributed by atoms with E-state index in [0.29, 0.717) is 11.7 Å². The molecule has 2 heteroatoms. The van der Waals surface area contributed by atoms with Gasteiger partial charge in [-0.15, -0.1) is 0 Å². The van der Waals surface area contributed by atoms with Gasteiger partial charge in [-0.1, -0.05) is 34.1 Å². The summed E-state index contributed by atoms with van der Waals surface area (Å²) in [6.07, 6.45) is 2.14. The largest absolute Gasteiger partial charge is 0.294 e.